The van der Waals surface area contributed by atoms with Gasteiger partial charge in [-0.2, -0.15) is 0 Å². The Morgan fingerprint density at radius 1 is 1.44 bits per heavy atom. The third-order valence-electron chi connectivity index (χ3n) is 4.74. The van der Waals surface area contributed by atoms with Crippen molar-refractivity contribution < 1.29 is 14.4 Å². The molecule has 1 aliphatic carbocycles. The lowest BCUT2D eigenvalue weighted by molar-refractivity contribution is -0.418. The molecule has 0 amide bonds. The van der Waals surface area contributed by atoms with Gasteiger partial charge in [0.2, 0.25) is 0 Å². The summed E-state index contributed by atoms with van der Waals surface area (Å²) < 4.78 is 10.5. The van der Waals surface area contributed by atoms with Gasteiger partial charge in [-0.25, -0.2) is 0 Å². The largest absolute Gasteiger partial charge is 0.473 e. The number of morpholine rings is 1. The summed E-state index contributed by atoms with van der Waals surface area (Å²) in [6.45, 7) is 5.72. The first kappa shape index (κ1) is 19.6. The Hall–Kier alpha value is -1.71. The molecule has 2 rings (SSSR count). The van der Waals surface area contributed by atoms with E-state index in [0.29, 0.717) is 24.7 Å². The molecule has 9 heteroatoms. The van der Waals surface area contributed by atoms with Gasteiger partial charge < -0.3 is 20.5 Å². The second kappa shape index (κ2) is 9.69. The predicted molar refractivity (Wildman–Crippen MR) is 94.0 cm³/mol. The molecule has 1 aliphatic heterocycles. The normalized spacial score (nSPS) is 25.4. The first-order chi connectivity index (χ1) is 12.0. The average Bonchev–Trinajstić information content (AvgIpc) is 3.04. The van der Waals surface area contributed by atoms with E-state index in [-0.39, 0.29) is 18.3 Å². The summed E-state index contributed by atoms with van der Waals surface area (Å²) in [5.41, 5.74) is 5.46. The van der Waals surface area contributed by atoms with Crippen LogP contribution < -0.4 is 11.1 Å². The molecule has 0 radical (unpaired) electrons. The highest BCUT2D eigenvalue weighted by atomic mass is 16.6. The minimum Gasteiger partial charge on any atom is -0.473 e. The Balaban J connectivity index is 1.92. The van der Waals surface area contributed by atoms with Crippen LogP contribution in [0.15, 0.2) is 11.4 Å². The predicted octanol–water partition coefficient (Wildman–Crippen LogP) is 0.680. The van der Waals surface area contributed by atoms with Crippen LogP contribution in [0.5, 0.6) is 0 Å². The van der Waals surface area contributed by atoms with Crippen LogP contribution in [0.4, 0.5) is 0 Å². The number of hydrogen-bond donors (Lipinski definition) is 3. The van der Waals surface area contributed by atoms with E-state index >= 15 is 0 Å². The van der Waals surface area contributed by atoms with Gasteiger partial charge in [0.05, 0.1) is 30.4 Å². The molecule has 9 nitrogen and oxygen atoms in total. The van der Waals surface area contributed by atoms with Crippen LogP contribution >= 0.6 is 0 Å². The van der Waals surface area contributed by atoms with E-state index in [9.17, 15) is 10.1 Å². The number of nitro groups is 1. The van der Waals surface area contributed by atoms with Crippen LogP contribution in [-0.2, 0) is 9.47 Å². The molecule has 2 atom stereocenters. The Kier molecular flexibility index (Phi) is 7.60. The van der Waals surface area contributed by atoms with Crippen molar-refractivity contribution in [3.8, 4) is 0 Å². The maximum atomic E-state index is 11.3. The zero-order valence-electron chi connectivity index (χ0n) is 14.8. The number of rotatable bonds is 8. The molecule has 2 unspecified atom stereocenters. The Bertz CT molecular complexity index is 505. The van der Waals surface area contributed by atoms with Crippen LogP contribution in [0.2, 0.25) is 0 Å². The minimum absolute atomic E-state index is 0.180. The lowest BCUT2D eigenvalue weighted by Gasteiger charge is -2.32. The molecular weight excluding hydrogens is 326 g/mol. The fourth-order valence-corrected chi connectivity index (χ4v) is 3.45. The highest BCUT2D eigenvalue weighted by Gasteiger charge is 2.32. The van der Waals surface area contributed by atoms with E-state index in [2.05, 4.69) is 10.2 Å². The van der Waals surface area contributed by atoms with Crippen LogP contribution in [0.3, 0.4) is 0 Å². The average molecular weight is 355 g/mol. The van der Waals surface area contributed by atoms with E-state index < -0.39 is 10.8 Å². The number of allylic oxidation sites excluding steroid dienone is 1. The SMILES string of the molecule is C/C(NC1CCC(N2CCOCC2)C1)=C(/C(=N)OCCCN)[N+](=O)[O-]. The van der Waals surface area contributed by atoms with Crippen molar-refractivity contribution >= 4 is 5.90 Å². The molecule has 142 valence electrons. The molecule has 2 aliphatic rings. The van der Waals surface area contributed by atoms with Gasteiger partial charge in [0.1, 0.15) is 0 Å². The van der Waals surface area contributed by atoms with Gasteiger partial charge in [0.15, 0.2) is 0 Å². The van der Waals surface area contributed by atoms with Gasteiger partial charge in [0.25, 0.3) is 5.90 Å². The summed E-state index contributed by atoms with van der Waals surface area (Å²) in [4.78, 5) is 13.2. The summed E-state index contributed by atoms with van der Waals surface area (Å²) in [6.07, 6.45) is 3.54. The van der Waals surface area contributed by atoms with Gasteiger partial charge in [-0.1, -0.05) is 0 Å². The van der Waals surface area contributed by atoms with Crippen LogP contribution in [0.25, 0.3) is 0 Å². The fraction of sp³-hybridized carbons (Fsp3) is 0.812. The summed E-state index contributed by atoms with van der Waals surface area (Å²) in [5.74, 6) is -0.411. The van der Waals surface area contributed by atoms with E-state index in [4.69, 9.17) is 20.6 Å². The number of nitrogens with zero attached hydrogens (tertiary/aromatic N) is 2. The number of ether oxygens (including phenoxy) is 2. The first-order valence-corrected chi connectivity index (χ1v) is 8.88. The van der Waals surface area contributed by atoms with Crippen molar-refractivity contribution in [3.05, 3.63) is 21.5 Å². The van der Waals surface area contributed by atoms with Gasteiger partial charge >= 0.3 is 5.70 Å². The minimum atomic E-state index is -0.554. The molecule has 0 aromatic carbocycles. The molecule has 25 heavy (non-hydrogen) atoms. The number of nitrogens with one attached hydrogen (secondary N) is 2. The molecule has 1 saturated carbocycles. The third kappa shape index (κ3) is 5.65. The topological polar surface area (TPSA) is 127 Å². The van der Waals surface area contributed by atoms with Crippen molar-refractivity contribution in [1.29, 1.82) is 5.41 Å². The Morgan fingerprint density at radius 2 is 2.16 bits per heavy atom. The lowest BCUT2D eigenvalue weighted by atomic mass is 10.2. The molecule has 4 N–H and O–H groups in total. The first-order valence-electron chi connectivity index (χ1n) is 8.88. The molecule has 0 aromatic rings. The fourth-order valence-electron chi connectivity index (χ4n) is 3.45. The maximum absolute atomic E-state index is 11.3. The van der Waals surface area contributed by atoms with Gasteiger partial charge in [0, 0.05) is 25.2 Å². The Morgan fingerprint density at radius 3 is 2.80 bits per heavy atom. The molecule has 2 fully saturated rings. The maximum Gasteiger partial charge on any atom is 0.348 e. The van der Waals surface area contributed by atoms with E-state index in [1.807, 2.05) is 0 Å². The van der Waals surface area contributed by atoms with E-state index in [1.165, 1.54) is 0 Å². The molecule has 1 saturated heterocycles. The van der Waals surface area contributed by atoms with Gasteiger partial charge in [-0.15, -0.1) is 0 Å². The van der Waals surface area contributed by atoms with Crippen LogP contribution in [0, 0.1) is 15.5 Å². The monoisotopic (exact) mass is 355 g/mol. The van der Waals surface area contributed by atoms with Crippen molar-refractivity contribution in [2.45, 2.75) is 44.7 Å². The molecule has 0 spiro atoms. The second-order valence-electron chi connectivity index (χ2n) is 6.51. The van der Waals surface area contributed by atoms with E-state index in [1.54, 1.807) is 6.92 Å². The molecular formula is C16H29N5O4. The van der Waals surface area contributed by atoms with Crippen molar-refractivity contribution in [3.63, 3.8) is 0 Å². The summed E-state index contributed by atoms with van der Waals surface area (Å²) in [6, 6.07) is 0.674. The second-order valence-corrected chi connectivity index (χ2v) is 6.51. The van der Waals surface area contributed by atoms with Crippen molar-refractivity contribution in [1.82, 2.24) is 10.2 Å². The summed E-state index contributed by atoms with van der Waals surface area (Å²) >= 11 is 0. The zero-order valence-corrected chi connectivity index (χ0v) is 14.8. The standard InChI is InChI=1S/C16H29N5O4/c1-12(15(21(22)23)16(18)25-8-2-5-17)19-13-3-4-14(11-13)20-6-9-24-10-7-20/h13-14,18-19H,2-11,17H2,1H3/b15-12+,18-16?. The lowest BCUT2D eigenvalue weighted by Crippen LogP contribution is -2.43. The smallest absolute Gasteiger partial charge is 0.348 e. The third-order valence-corrected chi connectivity index (χ3v) is 4.74. The van der Waals surface area contributed by atoms with Crippen LogP contribution in [-0.4, -0.2) is 67.3 Å². The van der Waals surface area contributed by atoms with Crippen LogP contribution in [0.1, 0.15) is 32.6 Å². The highest BCUT2D eigenvalue weighted by molar-refractivity contribution is 5.89. The van der Waals surface area contributed by atoms with Crippen molar-refractivity contribution in [2.75, 3.05) is 39.5 Å². The quantitative estimate of drug-likeness (QED) is 0.192. The van der Waals surface area contributed by atoms with Gasteiger partial charge in [-0.05, 0) is 39.2 Å². The molecule has 0 aromatic heterocycles. The number of nitrogens with two attached hydrogens (primary N) is 1. The zero-order chi connectivity index (χ0) is 18.2. The molecule has 1 heterocycles. The number of hydrogen-bond acceptors (Lipinski definition) is 8. The van der Waals surface area contributed by atoms with E-state index in [0.717, 1.165) is 45.6 Å². The van der Waals surface area contributed by atoms with Crippen molar-refractivity contribution in [2.24, 2.45) is 5.73 Å². The summed E-state index contributed by atoms with van der Waals surface area (Å²) in [7, 11) is 0. The highest BCUT2D eigenvalue weighted by Crippen LogP contribution is 2.26. The van der Waals surface area contributed by atoms with Gasteiger partial charge in [-0.3, -0.25) is 20.4 Å². The molecule has 0 bridgehead atoms. The summed E-state index contributed by atoms with van der Waals surface area (Å²) in [5, 5.41) is 22.4. The Labute approximate surface area is 148 Å².